The van der Waals surface area contributed by atoms with Gasteiger partial charge in [0.15, 0.2) is 0 Å². The molecule has 0 aliphatic heterocycles. The van der Waals surface area contributed by atoms with Crippen molar-refractivity contribution in [2.75, 3.05) is 0 Å². The quantitative estimate of drug-likeness (QED) is 0.804. The molecule has 2 aliphatic rings. The largest absolute Gasteiger partial charge is 0.309 e. The number of hydrogen-bond donors (Lipinski definition) is 1. The van der Waals surface area contributed by atoms with E-state index in [1.54, 1.807) is 10.4 Å². The van der Waals surface area contributed by atoms with E-state index in [2.05, 4.69) is 51.6 Å². The van der Waals surface area contributed by atoms with E-state index in [0.717, 1.165) is 12.5 Å². The number of aryl methyl sites for hydroxylation is 2. The Hall–Kier alpha value is -0.640. The Morgan fingerprint density at radius 3 is 2.71 bits per heavy atom. The summed E-state index contributed by atoms with van der Waals surface area (Å²) in [4.78, 5) is 3.18. The van der Waals surface area contributed by atoms with Gasteiger partial charge >= 0.3 is 0 Å². The normalized spacial score (nSPS) is 23.9. The Morgan fingerprint density at radius 2 is 1.95 bits per heavy atom. The van der Waals surface area contributed by atoms with Crippen LogP contribution in [0.3, 0.4) is 0 Å². The molecular weight excluding hydrogens is 342 g/mol. The van der Waals surface area contributed by atoms with Crippen LogP contribution in [0.5, 0.6) is 0 Å². The fourth-order valence-corrected chi connectivity index (χ4v) is 4.99. The van der Waals surface area contributed by atoms with Crippen molar-refractivity contribution in [3.05, 3.63) is 55.7 Å². The summed E-state index contributed by atoms with van der Waals surface area (Å²) in [6.45, 7) is 1.06. The zero-order valence-electron chi connectivity index (χ0n) is 12.1. The molecule has 1 heterocycles. The molecule has 1 saturated carbocycles. The van der Waals surface area contributed by atoms with Gasteiger partial charge in [0.2, 0.25) is 0 Å². The Kier molecular flexibility index (Phi) is 3.91. The van der Waals surface area contributed by atoms with Crippen LogP contribution in [-0.4, -0.2) is 6.04 Å². The van der Waals surface area contributed by atoms with Crippen molar-refractivity contribution in [1.29, 1.82) is 0 Å². The number of halogens is 1. The lowest BCUT2D eigenvalue weighted by molar-refractivity contribution is 0.290. The first kappa shape index (κ1) is 14.0. The van der Waals surface area contributed by atoms with E-state index in [0.29, 0.717) is 6.04 Å². The third kappa shape index (κ3) is 2.96. The van der Waals surface area contributed by atoms with Crippen LogP contribution < -0.4 is 5.32 Å². The minimum atomic E-state index is 0.704. The first-order chi connectivity index (χ1) is 10.3. The van der Waals surface area contributed by atoms with Gasteiger partial charge < -0.3 is 5.32 Å². The topological polar surface area (TPSA) is 12.0 Å². The fourth-order valence-electron chi connectivity index (χ4n) is 3.51. The van der Waals surface area contributed by atoms with Crippen LogP contribution in [0, 0.1) is 0 Å². The first-order valence-corrected chi connectivity index (χ1v) is 9.48. The average molecular weight is 362 g/mol. The zero-order chi connectivity index (χ0) is 14.2. The summed E-state index contributed by atoms with van der Waals surface area (Å²) in [6, 6.07) is 12.0. The van der Waals surface area contributed by atoms with E-state index in [1.807, 2.05) is 11.3 Å². The SMILES string of the molecule is Brc1ccc(C2CC(NCc3cc4c(s3)CCC4)C2)cc1. The summed E-state index contributed by atoms with van der Waals surface area (Å²) >= 11 is 5.53. The second-order valence-electron chi connectivity index (χ2n) is 6.31. The van der Waals surface area contributed by atoms with Gasteiger partial charge in [0.1, 0.15) is 0 Å². The van der Waals surface area contributed by atoms with Gasteiger partial charge in [0.25, 0.3) is 0 Å². The Morgan fingerprint density at radius 1 is 1.14 bits per heavy atom. The van der Waals surface area contributed by atoms with Gasteiger partial charge in [-0.25, -0.2) is 0 Å². The highest BCUT2D eigenvalue weighted by Gasteiger charge is 2.29. The van der Waals surface area contributed by atoms with Crippen LogP contribution in [-0.2, 0) is 19.4 Å². The van der Waals surface area contributed by atoms with Gasteiger partial charge in [-0.2, -0.15) is 0 Å². The van der Waals surface area contributed by atoms with Gasteiger partial charge in [0.05, 0.1) is 0 Å². The molecule has 1 nitrogen and oxygen atoms in total. The lowest BCUT2D eigenvalue weighted by atomic mass is 9.76. The summed E-state index contributed by atoms with van der Waals surface area (Å²) in [5, 5.41) is 3.74. The van der Waals surface area contributed by atoms with Crippen LogP contribution >= 0.6 is 27.3 Å². The molecule has 2 aromatic rings. The van der Waals surface area contributed by atoms with Crippen LogP contribution in [0.25, 0.3) is 0 Å². The molecule has 1 aromatic heterocycles. The van der Waals surface area contributed by atoms with Crippen molar-refractivity contribution >= 4 is 27.3 Å². The van der Waals surface area contributed by atoms with E-state index in [9.17, 15) is 0 Å². The zero-order valence-corrected chi connectivity index (χ0v) is 14.5. The first-order valence-electron chi connectivity index (χ1n) is 7.87. The van der Waals surface area contributed by atoms with Crippen LogP contribution in [0.1, 0.15) is 46.1 Å². The molecule has 4 rings (SSSR count). The van der Waals surface area contributed by atoms with Crippen molar-refractivity contribution < 1.29 is 0 Å². The van der Waals surface area contributed by atoms with E-state index in [4.69, 9.17) is 0 Å². The third-order valence-corrected chi connectivity index (χ3v) is 6.61. The Balaban J connectivity index is 1.27. The molecule has 1 fully saturated rings. The van der Waals surface area contributed by atoms with Gasteiger partial charge in [0, 0.05) is 26.8 Å². The van der Waals surface area contributed by atoms with Crippen molar-refractivity contribution in [3.8, 4) is 0 Å². The molecule has 3 heteroatoms. The summed E-state index contributed by atoms with van der Waals surface area (Å²) in [5.41, 5.74) is 3.12. The minimum Gasteiger partial charge on any atom is -0.309 e. The van der Waals surface area contributed by atoms with E-state index in [-0.39, 0.29) is 0 Å². The molecular formula is C18H20BrNS. The predicted molar refractivity (Wildman–Crippen MR) is 93.1 cm³/mol. The summed E-state index contributed by atoms with van der Waals surface area (Å²) in [7, 11) is 0. The highest BCUT2D eigenvalue weighted by atomic mass is 79.9. The second kappa shape index (κ2) is 5.86. The molecule has 110 valence electrons. The third-order valence-electron chi connectivity index (χ3n) is 4.84. The van der Waals surface area contributed by atoms with E-state index < -0.39 is 0 Å². The van der Waals surface area contributed by atoms with Gasteiger partial charge in [-0.15, -0.1) is 11.3 Å². The highest BCUT2D eigenvalue weighted by Crippen LogP contribution is 2.38. The van der Waals surface area contributed by atoms with Crippen LogP contribution in [0.15, 0.2) is 34.8 Å². The molecule has 0 bridgehead atoms. The molecule has 0 amide bonds. The predicted octanol–water partition coefficient (Wildman–Crippen LogP) is 5.04. The van der Waals surface area contributed by atoms with Crippen LogP contribution in [0.2, 0.25) is 0 Å². The van der Waals surface area contributed by atoms with Crippen molar-refractivity contribution in [1.82, 2.24) is 5.32 Å². The Bertz CT molecular complexity index is 604. The summed E-state index contributed by atoms with van der Waals surface area (Å²) < 4.78 is 1.17. The van der Waals surface area contributed by atoms with Crippen molar-refractivity contribution in [2.24, 2.45) is 0 Å². The van der Waals surface area contributed by atoms with Crippen molar-refractivity contribution in [3.63, 3.8) is 0 Å². The molecule has 0 saturated heterocycles. The van der Waals surface area contributed by atoms with Gasteiger partial charge in [-0.05, 0) is 67.3 Å². The molecule has 0 spiro atoms. The van der Waals surface area contributed by atoms with Gasteiger partial charge in [-0.1, -0.05) is 28.1 Å². The lowest BCUT2D eigenvalue weighted by Gasteiger charge is -2.36. The highest BCUT2D eigenvalue weighted by molar-refractivity contribution is 9.10. The van der Waals surface area contributed by atoms with E-state index in [1.165, 1.54) is 47.0 Å². The number of hydrogen-bond acceptors (Lipinski definition) is 2. The maximum Gasteiger partial charge on any atom is 0.0302 e. The average Bonchev–Trinajstić information content (AvgIpc) is 2.99. The molecule has 0 atom stereocenters. The molecule has 2 aliphatic carbocycles. The number of fused-ring (bicyclic) bond motifs is 1. The van der Waals surface area contributed by atoms with Gasteiger partial charge in [-0.3, -0.25) is 0 Å². The summed E-state index contributed by atoms with van der Waals surface area (Å²) in [5.74, 6) is 0.754. The second-order valence-corrected chi connectivity index (χ2v) is 8.45. The number of thiophene rings is 1. The standard InChI is InChI=1S/C18H20BrNS/c19-15-6-4-12(5-7-15)14-8-16(9-14)20-11-17-10-13-2-1-3-18(13)21-17/h4-7,10,14,16,20H,1-3,8-9,11H2. The smallest absolute Gasteiger partial charge is 0.0302 e. The molecule has 21 heavy (non-hydrogen) atoms. The fraction of sp³-hybridized carbons (Fsp3) is 0.444. The minimum absolute atomic E-state index is 0.704. The number of rotatable bonds is 4. The molecule has 1 N–H and O–H groups in total. The van der Waals surface area contributed by atoms with Crippen molar-refractivity contribution in [2.45, 2.75) is 50.6 Å². The molecule has 1 aromatic carbocycles. The Labute approximate surface area is 138 Å². The maximum absolute atomic E-state index is 3.74. The van der Waals surface area contributed by atoms with Crippen LogP contribution in [0.4, 0.5) is 0 Å². The maximum atomic E-state index is 3.74. The summed E-state index contributed by atoms with van der Waals surface area (Å²) in [6.07, 6.45) is 6.56. The van der Waals surface area contributed by atoms with E-state index >= 15 is 0 Å². The number of benzene rings is 1. The molecule has 0 unspecified atom stereocenters. The molecule has 0 radical (unpaired) electrons. The lowest BCUT2D eigenvalue weighted by Crippen LogP contribution is -2.39. The number of nitrogens with one attached hydrogen (secondary N) is 1. The monoisotopic (exact) mass is 361 g/mol.